The summed E-state index contributed by atoms with van der Waals surface area (Å²) >= 11 is 1.31. The molecule has 0 aliphatic rings. The number of ether oxygens (including phenoxy) is 1. The highest BCUT2D eigenvalue weighted by Crippen LogP contribution is 2.32. The number of hydrogen-bond donors (Lipinski definition) is 2. The Morgan fingerprint density at radius 3 is 2.68 bits per heavy atom. The first-order valence-corrected chi connectivity index (χ1v) is 6.71. The molecule has 3 N–H and O–H groups in total. The summed E-state index contributed by atoms with van der Waals surface area (Å²) in [4.78, 5) is 10.9. The van der Waals surface area contributed by atoms with Crippen LogP contribution < -0.4 is 10.5 Å². The molecule has 0 radical (unpaired) electrons. The third-order valence-corrected chi connectivity index (χ3v) is 4.33. The number of rotatable bonds is 6. The Labute approximate surface area is 116 Å². The van der Waals surface area contributed by atoms with Gasteiger partial charge in [-0.3, -0.25) is 4.79 Å². The van der Waals surface area contributed by atoms with Crippen molar-refractivity contribution in [1.82, 2.24) is 0 Å². The molecule has 0 fully saturated rings. The average Bonchev–Trinajstić information content (AvgIpc) is 2.36. The van der Waals surface area contributed by atoms with Crippen LogP contribution in [-0.2, 0) is 10.5 Å². The SMILES string of the molecule is COc1ccc(CSC(C)(C)[C@H](N)C(=O)O)c(F)c1. The smallest absolute Gasteiger partial charge is 0.321 e. The van der Waals surface area contributed by atoms with Gasteiger partial charge in [-0.15, -0.1) is 11.8 Å². The van der Waals surface area contributed by atoms with E-state index in [1.54, 1.807) is 26.0 Å². The van der Waals surface area contributed by atoms with E-state index in [1.165, 1.54) is 24.9 Å². The fourth-order valence-corrected chi connectivity index (χ4v) is 2.46. The Morgan fingerprint density at radius 1 is 1.58 bits per heavy atom. The van der Waals surface area contributed by atoms with E-state index in [4.69, 9.17) is 15.6 Å². The van der Waals surface area contributed by atoms with Gasteiger partial charge >= 0.3 is 5.97 Å². The van der Waals surface area contributed by atoms with Gasteiger partial charge in [0.2, 0.25) is 0 Å². The third-order valence-electron chi connectivity index (χ3n) is 2.87. The zero-order valence-corrected chi connectivity index (χ0v) is 12.0. The second-order valence-electron chi connectivity index (χ2n) is 4.67. The van der Waals surface area contributed by atoms with Crippen LogP contribution in [0.3, 0.4) is 0 Å². The number of carboxylic acid groups (broad SMARTS) is 1. The highest BCUT2D eigenvalue weighted by atomic mass is 32.2. The van der Waals surface area contributed by atoms with E-state index in [1.807, 2.05) is 0 Å². The largest absolute Gasteiger partial charge is 0.497 e. The van der Waals surface area contributed by atoms with Gasteiger partial charge in [0.25, 0.3) is 0 Å². The summed E-state index contributed by atoms with van der Waals surface area (Å²) in [5.74, 6) is -0.629. The molecule has 0 spiro atoms. The number of aliphatic carboxylic acids is 1. The van der Waals surface area contributed by atoms with Crippen LogP contribution in [0, 0.1) is 5.82 Å². The van der Waals surface area contributed by atoms with Crippen LogP contribution in [0.4, 0.5) is 4.39 Å². The maximum absolute atomic E-state index is 13.7. The van der Waals surface area contributed by atoms with Crippen LogP contribution in [0.1, 0.15) is 19.4 Å². The molecule has 0 heterocycles. The second kappa shape index (κ2) is 6.25. The Kier molecular flexibility index (Phi) is 5.20. The Bertz CT molecular complexity index is 465. The summed E-state index contributed by atoms with van der Waals surface area (Å²) in [5, 5.41) is 8.91. The molecule has 0 aliphatic heterocycles. The molecule has 6 heteroatoms. The molecule has 0 saturated carbocycles. The van der Waals surface area contributed by atoms with Crippen molar-refractivity contribution in [3.8, 4) is 5.75 Å². The Balaban J connectivity index is 2.74. The summed E-state index contributed by atoms with van der Waals surface area (Å²) in [6.07, 6.45) is 0. The highest BCUT2D eigenvalue weighted by molar-refractivity contribution is 7.99. The van der Waals surface area contributed by atoms with E-state index in [2.05, 4.69) is 0 Å². The third kappa shape index (κ3) is 4.11. The Hall–Kier alpha value is -1.27. The second-order valence-corrected chi connectivity index (χ2v) is 6.29. The Morgan fingerprint density at radius 2 is 2.21 bits per heavy atom. The zero-order valence-electron chi connectivity index (χ0n) is 11.1. The van der Waals surface area contributed by atoms with Gasteiger partial charge in [-0.05, 0) is 25.5 Å². The van der Waals surface area contributed by atoms with Crippen molar-refractivity contribution < 1.29 is 19.0 Å². The summed E-state index contributed by atoms with van der Waals surface area (Å²) in [7, 11) is 1.47. The molecular formula is C13H18FNO3S. The van der Waals surface area contributed by atoms with Crippen molar-refractivity contribution in [2.24, 2.45) is 5.73 Å². The number of thioether (sulfide) groups is 1. The molecule has 0 aromatic heterocycles. The fourth-order valence-electron chi connectivity index (χ4n) is 1.42. The lowest BCUT2D eigenvalue weighted by Gasteiger charge is -2.28. The van der Waals surface area contributed by atoms with E-state index in [0.29, 0.717) is 17.1 Å². The number of methoxy groups -OCH3 is 1. The summed E-state index contributed by atoms with van der Waals surface area (Å²) in [5.41, 5.74) is 6.10. The van der Waals surface area contributed by atoms with Crippen LogP contribution in [0.2, 0.25) is 0 Å². The van der Waals surface area contributed by atoms with E-state index in [0.717, 1.165) is 0 Å². The van der Waals surface area contributed by atoms with Crippen LogP contribution in [0.25, 0.3) is 0 Å². The molecule has 106 valence electrons. The topological polar surface area (TPSA) is 72.5 Å². The number of benzene rings is 1. The molecule has 0 bridgehead atoms. The van der Waals surface area contributed by atoms with Crippen molar-refractivity contribution in [2.45, 2.75) is 30.4 Å². The van der Waals surface area contributed by atoms with E-state index in [-0.39, 0.29) is 5.82 Å². The first kappa shape index (κ1) is 15.8. The summed E-state index contributed by atoms with van der Waals surface area (Å²) < 4.78 is 18.0. The molecule has 1 aromatic rings. The lowest BCUT2D eigenvalue weighted by atomic mass is 10.1. The minimum absolute atomic E-state index is 0.351. The van der Waals surface area contributed by atoms with E-state index >= 15 is 0 Å². The number of nitrogens with two attached hydrogens (primary N) is 1. The van der Waals surface area contributed by atoms with Crippen molar-refractivity contribution in [3.63, 3.8) is 0 Å². The number of carboxylic acids is 1. The quantitative estimate of drug-likeness (QED) is 0.839. The number of halogens is 1. The molecule has 1 aromatic carbocycles. The predicted octanol–water partition coefficient (Wildman–Crippen LogP) is 2.26. The van der Waals surface area contributed by atoms with Crippen molar-refractivity contribution in [1.29, 1.82) is 0 Å². The normalized spacial score (nSPS) is 13.1. The lowest BCUT2D eigenvalue weighted by molar-refractivity contribution is -0.139. The first-order valence-electron chi connectivity index (χ1n) is 5.72. The minimum atomic E-state index is -1.06. The predicted molar refractivity (Wildman–Crippen MR) is 73.9 cm³/mol. The van der Waals surface area contributed by atoms with Crippen molar-refractivity contribution in [2.75, 3.05) is 7.11 Å². The van der Waals surface area contributed by atoms with Gasteiger partial charge < -0.3 is 15.6 Å². The minimum Gasteiger partial charge on any atom is -0.497 e. The van der Waals surface area contributed by atoms with Crippen LogP contribution in [0.5, 0.6) is 5.75 Å². The van der Waals surface area contributed by atoms with Gasteiger partial charge in [0.1, 0.15) is 17.6 Å². The zero-order chi connectivity index (χ0) is 14.6. The van der Waals surface area contributed by atoms with E-state index < -0.39 is 16.8 Å². The van der Waals surface area contributed by atoms with Crippen molar-refractivity contribution >= 4 is 17.7 Å². The lowest BCUT2D eigenvalue weighted by Crippen LogP contribution is -2.46. The molecule has 0 saturated heterocycles. The van der Waals surface area contributed by atoms with Gasteiger partial charge in [-0.2, -0.15) is 0 Å². The fraction of sp³-hybridized carbons (Fsp3) is 0.462. The molecule has 19 heavy (non-hydrogen) atoms. The van der Waals surface area contributed by atoms with Crippen LogP contribution in [0.15, 0.2) is 18.2 Å². The van der Waals surface area contributed by atoms with E-state index in [9.17, 15) is 9.18 Å². The molecule has 0 unspecified atom stereocenters. The molecule has 4 nitrogen and oxygen atoms in total. The van der Waals surface area contributed by atoms with Gasteiger partial charge in [-0.25, -0.2) is 4.39 Å². The number of hydrogen-bond acceptors (Lipinski definition) is 4. The maximum Gasteiger partial charge on any atom is 0.321 e. The highest BCUT2D eigenvalue weighted by Gasteiger charge is 2.32. The van der Waals surface area contributed by atoms with Crippen LogP contribution >= 0.6 is 11.8 Å². The summed E-state index contributed by atoms with van der Waals surface area (Å²) in [6, 6.07) is 3.60. The van der Waals surface area contributed by atoms with Crippen molar-refractivity contribution in [3.05, 3.63) is 29.6 Å². The number of carbonyl (C=O) groups is 1. The standard InChI is InChI=1S/C13H18FNO3S/c1-13(2,11(15)12(16)17)19-7-8-4-5-9(18-3)6-10(8)14/h4-6,11H,7,15H2,1-3H3,(H,16,17)/t11-/m1/s1. The molecule has 1 atom stereocenters. The van der Waals surface area contributed by atoms with Crippen LogP contribution in [-0.4, -0.2) is 29.0 Å². The van der Waals surface area contributed by atoms with Gasteiger partial charge in [0.05, 0.1) is 7.11 Å². The first-order chi connectivity index (χ1) is 8.77. The van der Waals surface area contributed by atoms with Gasteiger partial charge in [0.15, 0.2) is 0 Å². The monoisotopic (exact) mass is 287 g/mol. The average molecular weight is 287 g/mol. The molecule has 0 aliphatic carbocycles. The van der Waals surface area contributed by atoms with Gasteiger partial charge in [0, 0.05) is 16.6 Å². The maximum atomic E-state index is 13.7. The van der Waals surface area contributed by atoms with Gasteiger partial charge in [-0.1, -0.05) is 6.07 Å². The summed E-state index contributed by atoms with van der Waals surface area (Å²) in [6.45, 7) is 3.47. The molecular weight excluding hydrogens is 269 g/mol. The molecule has 0 amide bonds. The molecule has 1 rings (SSSR count).